The minimum Gasteiger partial charge on any atom is -0.354 e. The summed E-state index contributed by atoms with van der Waals surface area (Å²) in [5, 5.41) is 7.34. The van der Waals surface area contributed by atoms with Crippen molar-refractivity contribution < 1.29 is 0 Å². The Morgan fingerprint density at radius 3 is 2.70 bits per heavy atom. The first-order valence-electron chi connectivity index (χ1n) is 6.69. The number of thioether (sulfide) groups is 1. The predicted octanol–water partition coefficient (Wildman–Crippen LogP) is 1.04. The van der Waals surface area contributed by atoms with Crippen LogP contribution in [-0.4, -0.2) is 55.9 Å². The van der Waals surface area contributed by atoms with Crippen LogP contribution in [-0.2, 0) is 0 Å². The standard InChI is InChI=1S/C12H17N7S/c1-2-13-10-15-11(18-6-8-20-9-7-18)17-12(16-10)19-5-3-4-14-19/h3-5H,2,6-9H2,1H3,(H,13,15,16,17). The van der Waals surface area contributed by atoms with E-state index in [0.29, 0.717) is 11.9 Å². The molecule has 106 valence electrons. The van der Waals surface area contributed by atoms with Crippen LogP contribution in [0.3, 0.4) is 0 Å². The summed E-state index contributed by atoms with van der Waals surface area (Å²) in [6, 6.07) is 1.86. The Hall–Kier alpha value is -1.83. The molecule has 0 spiro atoms. The molecular weight excluding hydrogens is 274 g/mol. The molecule has 0 radical (unpaired) electrons. The molecule has 0 amide bonds. The first-order chi connectivity index (χ1) is 9.86. The van der Waals surface area contributed by atoms with Crippen molar-refractivity contribution >= 4 is 23.7 Å². The third-order valence-corrected chi connectivity index (χ3v) is 3.89. The van der Waals surface area contributed by atoms with Gasteiger partial charge in [0.2, 0.25) is 11.9 Å². The fourth-order valence-corrected chi connectivity index (χ4v) is 2.89. The van der Waals surface area contributed by atoms with Gasteiger partial charge in [0.25, 0.3) is 5.95 Å². The lowest BCUT2D eigenvalue weighted by molar-refractivity contribution is 0.760. The maximum atomic E-state index is 4.54. The van der Waals surface area contributed by atoms with E-state index in [1.54, 1.807) is 10.9 Å². The van der Waals surface area contributed by atoms with E-state index in [1.165, 1.54) is 0 Å². The summed E-state index contributed by atoms with van der Waals surface area (Å²) in [4.78, 5) is 15.6. The molecular formula is C12H17N7S. The molecule has 2 aromatic rings. The smallest absolute Gasteiger partial charge is 0.257 e. The molecule has 20 heavy (non-hydrogen) atoms. The van der Waals surface area contributed by atoms with Gasteiger partial charge in [-0.05, 0) is 13.0 Å². The number of nitrogens with one attached hydrogen (secondary N) is 1. The van der Waals surface area contributed by atoms with Crippen LogP contribution >= 0.6 is 11.8 Å². The Labute approximate surface area is 121 Å². The highest BCUT2D eigenvalue weighted by molar-refractivity contribution is 7.99. The summed E-state index contributed by atoms with van der Waals surface area (Å²) in [6.07, 6.45) is 3.55. The molecule has 3 heterocycles. The van der Waals surface area contributed by atoms with E-state index in [4.69, 9.17) is 0 Å². The second kappa shape index (κ2) is 6.08. The third kappa shape index (κ3) is 2.84. The van der Waals surface area contributed by atoms with Crippen LogP contribution in [0.15, 0.2) is 18.5 Å². The molecule has 3 rings (SSSR count). The first kappa shape index (κ1) is 13.2. The number of hydrogen-bond donors (Lipinski definition) is 1. The fraction of sp³-hybridized carbons (Fsp3) is 0.500. The molecule has 7 nitrogen and oxygen atoms in total. The van der Waals surface area contributed by atoms with Gasteiger partial charge in [0, 0.05) is 43.5 Å². The molecule has 0 aromatic carbocycles. The van der Waals surface area contributed by atoms with Crippen LogP contribution in [0, 0.1) is 0 Å². The van der Waals surface area contributed by atoms with Gasteiger partial charge in [0.05, 0.1) is 0 Å². The van der Waals surface area contributed by atoms with Gasteiger partial charge in [-0.3, -0.25) is 0 Å². The van der Waals surface area contributed by atoms with Crippen LogP contribution in [0.5, 0.6) is 0 Å². The quantitative estimate of drug-likeness (QED) is 0.902. The van der Waals surface area contributed by atoms with Crippen molar-refractivity contribution in [3.8, 4) is 5.95 Å². The Kier molecular flexibility index (Phi) is 4.00. The molecule has 1 aliphatic rings. The van der Waals surface area contributed by atoms with E-state index in [1.807, 2.05) is 30.9 Å². The van der Waals surface area contributed by atoms with Crippen LogP contribution < -0.4 is 10.2 Å². The summed E-state index contributed by atoms with van der Waals surface area (Å²) < 4.78 is 1.66. The van der Waals surface area contributed by atoms with Crippen molar-refractivity contribution in [3.05, 3.63) is 18.5 Å². The van der Waals surface area contributed by atoms with Gasteiger partial charge in [0.1, 0.15) is 0 Å². The summed E-state index contributed by atoms with van der Waals surface area (Å²) in [6.45, 7) is 4.74. The van der Waals surface area contributed by atoms with Crippen molar-refractivity contribution in [2.75, 3.05) is 41.4 Å². The number of anilines is 2. The van der Waals surface area contributed by atoms with Crippen molar-refractivity contribution in [1.29, 1.82) is 0 Å². The second-order valence-corrected chi connectivity index (χ2v) is 5.56. The van der Waals surface area contributed by atoms with Crippen molar-refractivity contribution in [2.45, 2.75) is 6.92 Å². The highest BCUT2D eigenvalue weighted by Gasteiger charge is 2.17. The Balaban J connectivity index is 1.95. The molecule has 1 N–H and O–H groups in total. The van der Waals surface area contributed by atoms with Crippen LogP contribution in [0.4, 0.5) is 11.9 Å². The number of nitrogens with zero attached hydrogens (tertiary/aromatic N) is 6. The normalized spacial score (nSPS) is 15.3. The molecule has 1 aliphatic heterocycles. The first-order valence-corrected chi connectivity index (χ1v) is 7.85. The molecule has 1 fully saturated rings. The highest BCUT2D eigenvalue weighted by atomic mass is 32.2. The molecule has 0 saturated carbocycles. The zero-order valence-corrected chi connectivity index (χ0v) is 12.2. The lowest BCUT2D eigenvalue weighted by Gasteiger charge is -2.26. The Morgan fingerprint density at radius 1 is 1.20 bits per heavy atom. The summed E-state index contributed by atoms with van der Waals surface area (Å²) in [5.74, 6) is 4.09. The highest BCUT2D eigenvalue weighted by Crippen LogP contribution is 2.17. The zero-order chi connectivity index (χ0) is 13.8. The molecule has 1 saturated heterocycles. The van der Waals surface area contributed by atoms with E-state index in [0.717, 1.165) is 37.1 Å². The molecule has 0 unspecified atom stereocenters. The summed E-state index contributed by atoms with van der Waals surface area (Å²) >= 11 is 1.96. The Bertz CT molecular complexity index is 551. The Morgan fingerprint density at radius 2 is 2.00 bits per heavy atom. The van der Waals surface area contributed by atoms with Gasteiger partial charge >= 0.3 is 0 Å². The lowest BCUT2D eigenvalue weighted by atomic mass is 10.5. The lowest BCUT2D eigenvalue weighted by Crippen LogP contribution is -2.34. The topological polar surface area (TPSA) is 71.8 Å². The maximum Gasteiger partial charge on any atom is 0.257 e. The van der Waals surface area contributed by atoms with Gasteiger partial charge in [-0.15, -0.1) is 0 Å². The average molecular weight is 291 g/mol. The van der Waals surface area contributed by atoms with Crippen molar-refractivity contribution in [2.24, 2.45) is 0 Å². The van der Waals surface area contributed by atoms with Crippen LogP contribution in [0.25, 0.3) is 5.95 Å². The zero-order valence-electron chi connectivity index (χ0n) is 11.4. The van der Waals surface area contributed by atoms with E-state index in [9.17, 15) is 0 Å². The van der Waals surface area contributed by atoms with Crippen LogP contribution in [0.1, 0.15) is 6.92 Å². The van der Waals surface area contributed by atoms with E-state index < -0.39 is 0 Å². The summed E-state index contributed by atoms with van der Waals surface area (Å²) in [7, 11) is 0. The van der Waals surface area contributed by atoms with Crippen LogP contribution in [0.2, 0.25) is 0 Å². The van der Waals surface area contributed by atoms with Gasteiger partial charge in [-0.2, -0.15) is 31.8 Å². The van der Waals surface area contributed by atoms with Gasteiger partial charge < -0.3 is 10.2 Å². The molecule has 0 atom stereocenters. The monoisotopic (exact) mass is 291 g/mol. The molecule has 2 aromatic heterocycles. The summed E-state index contributed by atoms with van der Waals surface area (Å²) in [5.41, 5.74) is 0. The number of aromatic nitrogens is 5. The van der Waals surface area contributed by atoms with E-state index in [2.05, 4.69) is 30.3 Å². The second-order valence-electron chi connectivity index (χ2n) is 4.34. The number of rotatable bonds is 4. The minimum absolute atomic E-state index is 0.550. The maximum absolute atomic E-state index is 4.54. The molecule has 8 heteroatoms. The average Bonchev–Trinajstić information content (AvgIpc) is 3.02. The van der Waals surface area contributed by atoms with E-state index >= 15 is 0 Å². The van der Waals surface area contributed by atoms with Gasteiger partial charge in [-0.1, -0.05) is 0 Å². The third-order valence-electron chi connectivity index (χ3n) is 2.95. The number of hydrogen-bond acceptors (Lipinski definition) is 7. The van der Waals surface area contributed by atoms with Gasteiger partial charge in [-0.25, -0.2) is 4.68 Å². The SMILES string of the molecule is CCNc1nc(N2CCSCC2)nc(-n2cccn2)n1. The largest absolute Gasteiger partial charge is 0.354 e. The van der Waals surface area contributed by atoms with Gasteiger partial charge in [0.15, 0.2) is 0 Å². The predicted molar refractivity (Wildman–Crippen MR) is 80.7 cm³/mol. The minimum atomic E-state index is 0.550. The van der Waals surface area contributed by atoms with E-state index in [-0.39, 0.29) is 0 Å². The molecule has 0 bridgehead atoms. The van der Waals surface area contributed by atoms with Crippen molar-refractivity contribution in [3.63, 3.8) is 0 Å². The molecule has 0 aliphatic carbocycles. The fourth-order valence-electron chi connectivity index (χ4n) is 1.99. The van der Waals surface area contributed by atoms with Crippen molar-refractivity contribution in [1.82, 2.24) is 24.7 Å².